The van der Waals surface area contributed by atoms with E-state index in [1.807, 2.05) is 24.3 Å². The fourth-order valence-electron chi connectivity index (χ4n) is 2.98. The zero-order valence-electron chi connectivity index (χ0n) is 15.4. The van der Waals surface area contributed by atoms with E-state index < -0.39 is 0 Å². The van der Waals surface area contributed by atoms with Crippen molar-refractivity contribution in [2.45, 2.75) is 17.5 Å². The molecule has 5 heteroatoms. The maximum atomic E-state index is 4.40. The number of benzene rings is 2. The molecule has 0 atom stereocenters. The fourth-order valence-corrected chi connectivity index (χ4v) is 3.88. The topological polar surface area (TPSA) is 43.6 Å². The number of allylic oxidation sites excluding steroid dienone is 1. The van der Waals surface area contributed by atoms with Crippen LogP contribution in [0.4, 0.5) is 0 Å². The highest BCUT2D eigenvalue weighted by molar-refractivity contribution is 7.98. The maximum absolute atomic E-state index is 4.40. The molecule has 0 saturated heterocycles. The normalized spacial score (nSPS) is 10.7. The molecule has 0 fully saturated rings. The van der Waals surface area contributed by atoms with Crippen molar-refractivity contribution in [1.29, 1.82) is 0 Å². The van der Waals surface area contributed by atoms with Crippen LogP contribution in [0.1, 0.15) is 5.56 Å². The molecule has 0 aliphatic rings. The Bertz CT molecular complexity index is 1040. The van der Waals surface area contributed by atoms with Crippen molar-refractivity contribution in [1.82, 2.24) is 19.7 Å². The molecule has 0 saturated carbocycles. The molecule has 4 nitrogen and oxygen atoms in total. The van der Waals surface area contributed by atoms with Gasteiger partial charge in [-0.1, -0.05) is 72.4 Å². The summed E-state index contributed by atoms with van der Waals surface area (Å²) in [6.07, 6.45) is 5.40. The second-order valence-electron chi connectivity index (χ2n) is 6.29. The predicted molar refractivity (Wildman–Crippen MR) is 115 cm³/mol. The summed E-state index contributed by atoms with van der Waals surface area (Å²) in [6.45, 7) is 4.54. The van der Waals surface area contributed by atoms with Gasteiger partial charge in [-0.15, -0.1) is 16.8 Å². The van der Waals surface area contributed by atoms with Crippen LogP contribution < -0.4 is 0 Å². The Morgan fingerprint density at radius 1 is 0.821 bits per heavy atom. The van der Waals surface area contributed by atoms with Crippen LogP contribution in [-0.2, 0) is 12.3 Å². The third kappa shape index (κ3) is 4.05. The minimum absolute atomic E-state index is 0.667. The van der Waals surface area contributed by atoms with Crippen LogP contribution in [0.25, 0.3) is 22.5 Å². The van der Waals surface area contributed by atoms with Crippen LogP contribution in [0.15, 0.2) is 96.9 Å². The highest BCUT2D eigenvalue weighted by Gasteiger charge is 2.13. The standard InChI is InChI=1S/C23H20N4S/c1-2-16-27-22(21-12-14-24-15-13-21)25-26-23(27)28-17-18-8-10-20(11-9-18)19-6-4-3-5-7-19/h2-15H,1,16-17H2. The van der Waals surface area contributed by atoms with E-state index in [2.05, 4.69) is 74.9 Å². The van der Waals surface area contributed by atoms with E-state index in [-0.39, 0.29) is 0 Å². The molecule has 2 heterocycles. The van der Waals surface area contributed by atoms with Crippen LogP contribution in [-0.4, -0.2) is 19.7 Å². The Labute approximate surface area is 169 Å². The van der Waals surface area contributed by atoms with Crippen molar-refractivity contribution in [3.05, 3.63) is 97.3 Å². The third-order valence-corrected chi connectivity index (χ3v) is 5.43. The van der Waals surface area contributed by atoms with E-state index in [1.165, 1.54) is 16.7 Å². The van der Waals surface area contributed by atoms with E-state index in [0.717, 1.165) is 22.3 Å². The Balaban J connectivity index is 1.50. The Hall–Kier alpha value is -3.18. The third-order valence-electron chi connectivity index (χ3n) is 4.40. The molecule has 0 aliphatic heterocycles. The van der Waals surface area contributed by atoms with Crippen LogP contribution in [0.2, 0.25) is 0 Å². The summed E-state index contributed by atoms with van der Waals surface area (Å²) in [5, 5.41) is 9.67. The Kier molecular flexibility index (Phi) is 5.64. The van der Waals surface area contributed by atoms with E-state index in [4.69, 9.17) is 0 Å². The molecule has 138 valence electrons. The van der Waals surface area contributed by atoms with Gasteiger partial charge >= 0.3 is 0 Å². The van der Waals surface area contributed by atoms with Gasteiger partial charge in [0.2, 0.25) is 0 Å². The van der Waals surface area contributed by atoms with Crippen LogP contribution in [0.3, 0.4) is 0 Å². The smallest absolute Gasteiger partial charge is 0.192 e. The molecule has 0 N–H and O–H groups in total. The first kappa shape index (κ1) is 18.2. The summed E-state index contributed by atoms with van der Waals surface area (Å²) in [5.41, 5.74) is 4.71. The van der Waals surface area contributed by atoms with Gasteiger partial charge < -0.3 is 0 Å². The zero-order valence-corrected chi connectivity index (χ0v) is 16.2. The molecule has 4 rings (SSSR count). The summed E-state index contributed by atoms with van der Waals surface area (Å²) in [7, 11) is 0. The van der Waals surface area contributed by atoms with Gasteiger partial charge in [-0.05, 0) is 28.8 Å². The number of rotatable bonds is 7. The minimum atomic E-state index is 0.667. The first-order chi connectivity index (χ1) is 13.8. The van der Waals surface area contributed by atoms with Crippen LogP contribution in [0.5, 0.6) is 0 Å². The maximum Gasteiger partial charge on any atom is 0.192 e. The number of thioether (sulfide) groups is 1. The van der Waals surface area contributed by atoms with Gasteiger partial charge in [0.1, 0.15) is 0 Å². The predicted octanol–water partition coefficient (Wildman–Crippen LogP) is 5.49. The van der Waals surface area contributed by atoms with Crippen molar-refractivity contribution in [3.63, 3.8) is 0 Å². The fraction of sp³-hybridized carbons (Fsp3) is 0.0870. The lowest BCUT2D eigenvalue weighted by Gasteiger charge is -2.08. The lowest BCUT2D eigenvalue weighted by Crippen LogP contribution is -2.00. The number of nitrogens with zero attached hydrogens (tertiary/aromatic N) is 4. The SMILES string of the molecule is C=CCn1c(SCc2ccc(-c3ccccc3)cc2)nnc1-c1ccncc1. The van der Waals surface area contributed by atoms with E-state index in [0.29, 0.717) is 6.54 Å². The van der Waals surface area contributed by atoms with Gasteiger partial charge in [0.05, 0.1) is 0 Å². The van der Waals surface area contributed by atoms with Gasteiger partial charge in [-0.2, -0.15) is 0 Å². The summed E-state index contributed by atoms with van der Waals surface area (Å²) in [6, 6.07) is 23.0. The molecule has 0 unspecified atom stereocenters. The van der Waals surface area contributed by atoms with Crippen molar-refractivity contribution in [2.24, 2.45) is 0 Å². The van der Waals surface area contributed by atoms with Gasteiger partial charge in [0, 0.05) is 30.3 Å². The molecular weight excluding hydrogens is 364 g/mol. The molecule has 0 bridgehead atoms. The Morgan fingerprint density at radius 3 is 2.25 bits per heavy atom. The summed E-state index contributed by atoms with van der Waals surface area (Å²) in [4.78, 5) is 4.08. The summed E-state index contributed by atoms with van der Waals surface area (Å²) < 4.78 is 2.09. The summed E-state index contributed by atoms with van der Waals surface area (Å²) >= 11 is 1.68. The lowest BCUT2D eigenvalue weighted by atomic mass is 10.0. The molecule has 2 aromatic heterocycles. The second-order valence-corrected chi connectivity index (χ2v) is 7.24. The minimum Gasteiger partial charge on any atom is -0.298 e. The van der Waals surface area contributed by atoms with Crippen molar-refractivity contribution in [2.75, 3.05) is 0 Å². The number of aromatic nitrogens is 4. The first-order valence-electron chi connectivity index (χ1n) is 9.07. The van der Waals surface area contributed by atoms with Crippen molar-refractivity contribution >= 4 is 11.8 Å². The van der Waals surface area contributed by atoms with Gasteiger partial charge in [-0.25, -0.2) is 0 Å². The molecule has 4 aromatic rings. The first-order valence-corrected chi connectivity index (χ1v) is 10.1. The van der Waals surface area contributed by atoms with E-state index >= 15 is 0 Å². The average molecular weight is 385 g/mol. The molecule has 2 aromatic carbocycles. The van der Waals surface area contributed by atoms with Crippen molar-refractivity contribution in [3.8, 4) is 22.5 Å². The largest absolute Gasteiger partial charge is 0.298 e. The zero-order chi connectivity index (χ0) is 19.2. The second kappa shape index (κ2) is 8.67. The van der Waals surface area contributed by atoms with Crippen molar-refractivity contribution < 1.29 is 0 Å². The molecule has 0 amide bonds. The highest BCUT2D eigenvalue weighted by Crippen LogP contribution is 2.27. The number of hydrogen-bond acceptors (Lipinski definition) is 4. The number of hydrogen-bond donors (Lipinski definition) is 0. The van der Waals surface area contributed by atoms with Gasteiger partial charge in [0.15, 0.2) is 11.0 Å². The van der Waals surface area contributed by atoms with Gasteiger partial charge in [-0.3, -0.25) is 9.55 Å². The van der Waals surface area contributed by atoms with Gasteiger partial charge in [0.25, 0.3) is 0 Å². The molecular formula is C23H20N4S. The molecule has 0 aliphatic carbocycles. The van der Waals surface area contributed by atoms with E-state index in [9.17, 15) is 0 Å². The average Bonchev–Trinajstić information content (AvgIpc) is 3.17. The van der Waals surface area contributed by atoms with Crippen LogP contribution in [0, 0.1) is 0 Å². The summed E-state index contributed by atoms with van der Waals surface area (Å²) in [5.74, 6) is 1.67. The van der Waals surface area contributed by atoms with E-state index in [1.54, 1.807) is 24.2 Å². The molecule has 0 spiro atoms. The highest BCUT2D eigenvalue weighted by atomic mass is 32.2. The Morgan fingerprint density at radius 2 is 1.54 bits per heavy atom. The van der Waals surface area contributed by atoms with Crippen LogP contribution >= 0.6 is 11.8 Å². The monoisotopic (exact) mass is 384 g/mol. The quantitative estimate of drug-likeness (QED) is 0.312. The molecule has 28 heavy (non-hydrogen) atoms. The lowest BCUT2D eigenvalue weighted by molar-refractivity contribution is 0.731. The molecule has 0 radical (unpaired) electrons. The number of pyridine rings is 1.